The van der Waals surface area contributed by atoms with Crippen molar-refractivity contribution in [1.82, 2.24) is 5.32 Å². The molecule has 1 aromatic carbocycles. The molecule has 1 rings (SSSR count). The minimum Gasteiger partial charge on any atom is -0.481 e. The maximum absolute atomic E-state index is 10.9. The highest BCUT2D eigenvalue weighted by atomic mass is 16.5. The lowest BCUT2D eigenvalue weighted by Crippen LogP contribution is -2.19. The molecular weight excluding hydrogens is 254 g/mol. The van der Waals surface area contributed by atoms with E-state index in [-0.39, 0.29) is 0 Å². The van der Waals surface area contributed by atoms with Crippen LogP contribution < -0.4 is 5.32 Å². The van der Waals surface area contributed by atoms with E-state index in [1.54, 1.807) is 6.92 Å². The molecular formula is C16H23NO3. The average molecular weight is 277 g/mol. The summed E-state index contributed by atoms with van der Waals surface area (Å²) in [6, 6.07) is 7.65. The van der Waals surface area contributed by atoms with Crippen LogP contribution in [0.3, 0.4) is 0 Å². The molecule has 20 heavy (non-hydrogen) atoms. The standard InChI is InChI=1S/C16H23NO3/c1-12(2)11-20-9-8-17-10-14-4-6-15(7-5-14)13(3)16(18)19/h4-7,13,17H,1,8-11H2,2-3H3,(H,18,19). The Morgan fingerprint density at radius 3 is 2.60 bits per heavy atom. The molecule has 2 N–H and O–H groups in total. The number of aliphatic carboxylic acids is 1. The normalized spacial score (nSPS) is 12.1. The number of hydrogen-bond acceptors (Lipinski definition) is 3. The first-order valence-electron chi connectivity index (χ1n) is 6.75. The fourth-order valence-electron chi connectivity index (χ4n) is 1.69. The van der Waals surface area contributed by atoms with Gasteiger partial charge in [-0.05, 0) is 25.0 Å². The lowest BCUT2D eigenvalue weighted by atomic mass is 10.0. The predicted octanol–water partition coefficient (Wildman–Crippen LogP) is 2.56. The highest BCUT2D eigenvalue weighted by molar-refractivity contribution is 5.75. The SMILES string of the molecule is C=C(C)COCCNCc1ccc(C(C)C(=O)O)cc1. The molecule has 1 aromatic rings. The number of rotatable bonds is 9. The molecule has 0 spiro atoms. The van der Waals surface area contributed by atoms with Crippen LogP contribution in [0.2, 0.25) is 0 Å². The Balaban J connectivity index is 2.28. The lowest BCUT2D eigenvalue weighted by molar-refractivity contribution is -0.138. The van der Waals surface area contributed by atoms with Gasteiger partial charge in [-0.25, -0.2) is 0 Å². The molecule has 0 saturated heterocycles. The molecule has 4 nitrogen and oxygen atoms in total. The van der Waals surface area contributed by atoms with Crippen molar-refractivity contribution in [3.63, 3.8) is 0 Å². The molecule has 0 aliphatic rings. The van der Waals surface area contributed by atoms with E-state index < -0.39 is 11.9 Å². The zero-order chi connectivity index (χ0) is 15.0. The quantitative estimate of drug-likeness (QED) is 0.538. The third kappa shape index (κ3) is 5.99. The van der Waals surface area contributed by atoms with Gasteiger partial charge in [-0.3, -0.25) is 4.79 Å². The summed E-state index contributed by atoms with van der Waals surface area (Å²) < 4.78 is 5.38. The van der Waals surface area contributed by atoms with Crippen molar-refractivity contribution in [2.45, 2.75) is 26.3 Å². The first kappa shape index (κ1) is 16.4. The Bertz CT molecular complexity index is 440. The van der Waals surface area contributed by atoms with Gasteiger partial charge in [0.15, 0.2) is 0 Å². The van der Waals surface area contributed by atoms with E-state index in [9.17, 15) is 4.79 Å². The summed E-state index contributed by atoms with van der Waals surface area (Å²) in [7, 11) is 0. The van der Waals surface area contributed by atoms with Gasteiger partial charge in [-0.2, -0.15) is 0 Å². The van der Waals surface area contributed by atoms with Crippen LogP contribution in [-0.2, 0) is 16.1 Å². The molecule has 110 valence electrons. The van der Waals surface area contributed by atoms with Gasteiger partial charge in [0.25, 0.3) is 0 Å². The first-order chi connectivity index (χ1) is 9.50. The van der Waals surface area contributed by atoms with E-state index in [0.29, 0.717) is 13.2 Å². The van der Waals surface area contributed by atoms with E-state index in [2.05, 4.69) is 11.9 Å². The monoisotopic (exact) mass is 277 g/mol. The number of carboxylic acid groups (broad SMARTS) is 1. The molecule has 0 amide bonds. The number of nitrogens with one attached hydrogen (secondary N) is 1. The van der Waals surface area contributed by atoms with Crippen LogP contribution in [0.4, 0.5) is 0 Å². The van der Waals surface area contributed by atoms with Crippen LogP contribution in [0.1, 0.15) is 30.9 Å². The Labute approximate surface area is 120 Å². The second-order valence-electron chi connectivity index (χ2n) is 4.99. The molecule has 0 aliphatic carbocycles. The van der Waals surface area contributed by atoms with Gasteiger partial charge in [0, 0.05) is 13.1 Å². The fraction of sp³-hybridized carbons (Fsp3) is 0.438. The first-order valence-corrected chi connectivity index (χ1v) is 6.75. The van der Waals surface area contributed by atoms with E-state index in [0.717, 1.165) is 29.8 Å². The smallest absolute Gasteiger partial charge is 0.310 e. The van der Waals surface area contributed by atoms with Crippen LogP contribution in [0.25, 0.3) is 0 Å². The summed E-state index contributed by atoms with van der Waals surface area (Å²) in [6.45, 7) is 10.2. The summed E-state index contributed by atoms with van der Waals surface area (Å²) in [5, 5.41) is 12.2. The number of benzene rings is 1. The third-order valence-electron chi connectivity index (χ3n) is 2.95. The molecule has 0 aliphatic heterocycles. The maximum Gasteiger partial charge on any atom is 0.310 e. The molecule has 0 heterocycles. The second-order valence-corrected chi connectivity index (χ2v) is 4.99. The molecule has 1 unspecified atom stereocenters. The lowest BCUT2D eigenvalue weighted by Gasteiger charge is -2.09. The summed E-state index contributed by atoms with van der Waals surface area (Å²) >= 11 is 0. The minimum absolute atomic E-state index is 0.465. The van der Waals surface area contributed by atoms with Crippen LogP contribution in [-0.4, -0.2) is 30.8 Å². The summed E-state index contributed by atoms with van der Waals surface area (Å²) in [5.41, 5.74) is 2.98. The molecule has 0 saturated carbocycles. The predicted molar refractivity (Wildman–Crippen MR) is 79.8 cm³/mol. The highest BCUT2D eigenvalue weighted by Crippen LogP contribution is 2.15. The summed E-state index contributed by atoms with van der Waals surface area (Å²) in [6.07, 6.45) is 0. The van der Waals surface area contributed by atoms with Gasteiger partial charge in [0.05, 0.1) is 19.1 Å². The fourth-order valence-corrected chi connectivity index (χ4v) is 1.69. The Kier molecular flexibility index (Phi) is 6.98. The molecule has 0 radical (unpaired) electrons. The maximum atomic E-state index is 10.9. The Morgan fingerprint density at radius 2 is 2.05 bits per heavy atom. The van der Waals surface area contributed by atoms with Crippen LogP contribution in [0, 0.1) is 0 Å². The van der Waals surface area contributed by atoms with Gasteiger partial charge in [0.2, 0.25) is 0 Å². The molecule has 0 fully saturated rings. The molecule has 0 aromatic heterocycles. The van der Waals surface area contributed by atoms with Gasteiger partial charge in [0.1, 0.15) is 0 Å². The van der Waals surface area contributed by atoms with Gasteiger partial charge in [-0.1, -0.05) is 36.4 Å². The number of ether oxygens (including phenoxy) is 1. The van der Waals surface area contributed by atoms with Gasteiger partial charge in [-0.15, -0.1) is 0 Å². The number of hydrogen-bond donors (Lipinski definition) is 2. The highest BCUT2D eigenvalue weighted by Gasteiger charge is 2.12. The van der Waals surface area contributed by atoms with E-state index in [1.165, 1.54) is 0 Å². The Morgan fingerprint density at radius 1 is 1.40 bits per heavy atom. The Hall–Kier alpha value is -1.65. The van der Waals surface area contributed by atoms with Crippen molar-refractivity contribution in [1.29, 1.82) is 0 Å². The molecule has 0 bridgehead atoms. The third-order valence-corrected chi connectivity index (χ3v) is 2.95. The average Bonchev–Trinajstić information content (AvgIpc) is 2.42. The van der Waals surface area contributed by atoms with Crippen molar-refractivity contribution in [2.24, 2.45) is 0 Å². The van der Waals surface area contributed by atoms with Crippen molar-refractivity contribution in [3.05, 3.63) is 47.5 Å². The summed E-state index contributed by atoms with van der Waals surface area (Å²) in [4.78, 5) is 10.9. The van der Waals surface area contributed by atoms with Crippen LogP contribution >= 0.6 is 0 Å². The van der Waals surface area contributed by atoms with Crippen LogP contribution in [0.15, 0.2) is 36.4 Å². The minimum atomic E-state index is -0.800. The van der Waals surface area contributed by atoms with Crippen molar-refractivity contribution in [3.8, 4) is 0 Å². The van der Waals surface area contributed by atoms with Crippen molar-refractivity contribution < 1.29 is 14.6 Å². The van der Waals surface area contributed by atoms with Crippen LogP contribution in [0.5, 0.6) is 0 Å². The topological polar surface area (TPSA) is 58.6 Å². The molecule has 1 atom stereocenters. The second kappa shape index (κ2) is 8.51. The van der Waals surface area contributed by atoms with E-state index >= 15 is 0 Å². The number of carbonyl (C=O) groups is 1. The van der Waals surface area contributed by atoms with Crippen molar-refractivity contribution in [2.75, 3.05) is 19.8 Å². The van der Waals surface area contributed by atoms with Gasteiger partial charge < -0.3 is 15.2 Å². The largest absolute Gasteiger partial charge is 0.481 e. The van der Waals surface area contributed by atoms with Crippen molar-refractivity contribution >= 4 is 5.97 Å². The zero-order valence-electron chi connectivity index (χ0n) is 12.2. The van der Waals surface area contributed by atoms with E-state index in [4.69, 9.17) is 9.84 Å². The van der Waals surface area contributed by atoms with Gasteiger partial charge >= 0.3 is 5.97 Å². The van der Waals surface area contributed by atoms with E-state index in [1.807, 2.05) is 31.2 Å². The number of carboxylic acids is 1. The molecule has 4 heteroatoms. The zero-order valence-corrected chi connectivity index (χ0v) is 12.2. The summed E-state index contributed by atoms with van der Waals surface area (Å²) in [5.74, 6) is -1.27.